The SMILES string of the molecule is [Li][CH]1C[CH]([Li])[CH]([Li])[CH]([Li])C1. The van der Waals surface area contributed by atoms with Gasteiger partial charge in [-0.05, 0) is 0 Å². The minimum atomic E-state index is 0.955. The normalized spacial score (nSPS) is 49.6. The quantitative estimate of drug-likeness (QED) is 0.398. The Morgan fingerprint density at radius 2 is 1.20 bits per heavy atom. The molecule has 0 nitrogen and oxygen atoms in total. The van der Waals surface area contributed by atoms with E-state index < -0.39 is 0 Å². The number of hydrogen-bond donors (Lipinski definition) is 0. The first-order valence-corrected chi connectivity index (χ1v) is 4.61. The van der Waals surface area contributed by atoms with Gasteiger partial charge in [0.25, 0.3) is 0 Å². The van der Waals surface area contributed by atoms with E-state index in [1.165, 1.54) is 12.8 Å². The third kappa shape index (κ3) is 2.71. The maximum absolute atomic E-state index is 2.40. The van der Waals surface area contributed by atoms with E-state index in [-0.39, 0.29) is 0 Å². The van der Waals surface area contributed by atoms with E-state index in [0.29, 0.717) is 0 Å². The molecule has 1 aliphatic carbocycles. The molecule has 4 heteroatoms. The Hall–Kier alpha value is 2.39. The van der Waals surface area contributed by atoms with Crippen LogP contribution in [0.3, 0.4) is 0 Å². The molecule has 0 saturated heterocycles. The molecule has 0 aromatic rings. The zero-order chi connectivity index (χ0) is 7.72. The molecule has 0 aliphatic heterocycles. The van der Waals surface area contributed by atoms with Gasteiger partial charge in [0.15, 0.2) is 0 Å². The van der Waals surface area contributed by atoms with Gasteiger partial charge in [-0.25, -0.2) is 0 Å². The van der Waals surface area contributed by atoms with E-state index in [2.05, 4.69) is 70.9 Å². The predicted octanol–water partition coefficient (Wildman–Crippen LogP) is 0.608. The Kier molecular flexibility index (Phi) is 4.79. The van der Waals surface area contributed by atoms with E-state index in [1.807, 2.05) is 0 Å². The van der Waals surface area contributed by atoms with Crippen LogP contribution in [0.25, 0.3) is 0 Å². The first kappa shape index (κ1) is 10.5. The monoisotopic (exact) mass is 108 g/mol. The third-order valence-corrected chi connectivity index (χ3v) is 3.34. The average Bonchev–Trinajstić information content (AvgIpc) is 1.82. The molecule has 0 aromatic carbocycles. The fraction of sp³-hybridized carbons (Fsp3) is 1.00. The van der Waals surface area contributed by atoms with E-state index in [0.717, 1.165) is 18.4 Å². The summed E-state index contributed by atoms with van der Waals surface area (Å²) in [5, 5.41) is 0. The molecule has 2 unspecified atom stereocenters. The molecule has 36 valence electrons. The van der Waals surface area contributed by atoms with Gasteiger partial charge in [0.2, 0.25) is 0 Å². The number of rotatable bonds is 0. The van der Waals surface area contributed by atoms with E-state index in [4.69, 9.17) is 0 Å². The third-order valence-electron chi connectivity index (χ3n) is 3.34. The zero-order valence-corrected chi connectivity index (χ0v) is 7.72. The molecule has 10 heavy (non-hydrogen) atoms. The molecule has 1 fully saturated rings. The first-order valence-electron chi connectivity index (χ1n) is 4.61. The fourth-order valence-corrected chi connectivity index (χ4v) is 2.36. The molecule has 1 rings (SSSR count). The topological polar surface area (TPSA) is 0 Å². The van der Waals surface area contributed by atoms with Gasteiger partial charge in [-0.2, -0.15) is 0 Å². The van der Waals surface area contributed by atoms with Gasteiger partial charge in [-0.3, -0.25) is 0 Å². The first-order chi connectivity index (χ1) is 4.61. The van der Waals surface area contributed by atoms with E-state index in [1.54, 1.807) is 0 Å². The van der Waals surface area contributed by atoms with Crippen LogP contribution in [0.1, 0.15) is 12.8 Å². The standard InChI is InChI=1S/C6H8.4Li/c1-2-4-6-5-3-1;;;;/h1-3,6H,4-5H2;;;;. The van der Waals surface area contributed by atoms with Crippen LogP contribution in [0.2, 0.25) is 18.4 Å². The van der Waals surface area contributed by atoms with Crippen molar-refractivity contribution < 1.29 is 0 Å². The van der Waals surface area contributed by atoms with Crippen LogP contribution in [0.5, 0.6) is 0 Å². The summed E-state index contributed by atoms with van der Waals surface area (Å²) in [5.41, 5.74) is 0. The molecule has 1 aliphatic rings. The Morgan fingerprint density at radius 1 is 0.800 bits per heavy atom. The van der Waals surface area contributed by atoms with Gasteiger partial charge >= 0.3 is 102 Å². The van der Waals surface area contributed by atoms with Crippen molar-refractivity contribution in [2.45, 2.75) is 31.2 Å². The summed E-state index contributed by atoms with van der Waals surface area (Å²) >= 11 is 9.59. The summed E-state index contributed by atoms with van der Waals surface area (Å²) < 4.78 is 3.84. The van der Waals surface area contributed by atoms with Crippen LogP contribution < -0.4 is 0 Å². The van der Waals surface area contributed by atoms with Crippen LogP contribution >= 0.6 is 0 Å². The van der Waals surface area contributed by atoms with Crippen LogP contribution in [-0.4, -0.2) is 70.9 Å². The van der Waals surface area contributed by atoms with Crippen LogP contribution in [0.15, 0.2) is 0 Å². The summed E-state index contributed by atoms with van der Waals surface area (Å²) in [4.78, 5) is 0. The summed E-state index contributed by atoms with van der Waals surface area (Å²) in [5.74, 6) is 0. The van der Waals surface area contributed by atoms with Crippen molar-refractivity contribution in [3.63, 3.8) is 0 Å². The molecule has 0 radical (unpaired) electrons. The van der Waals surface area contributed by atoms with Crippen molar-refractivity contribution >= 4 is 70.9 Å². The minimum absolute atomic E-state index is 0.955. The molecule has 0 heterocycles. The molecular weight excluding hydrogens is 99.8 g/mol. The van der Waals surface area contributed by atoms with Crippen molar-refractivity contribution in [3.8, 4) is 0 Å². The molecular formula is C6H8Li4. The summed E-state index contributed by atoms with van der Waals surface area (Å²) in [6.45, 7) is 0. The van der Waals surface area contributed by atoms with Crippen molar-refractivity contribution in [1.29, 1.82) is 0 Å². The summed E-state index contributed by atoms with van der Waals surface area (Å²) in [6, 6.07) is 0. The van der Waals surface area contributed by atoms with Crippen molar-refractivity contribution in [2.75, 3.05) is 0 Å². The van der Waals surface area contributed by atoms with Gasteiger partial charge in [0.1, 0.15) is 0 Å². The maximum atomic E-state index is 2.40. The number of hydrogen-bond acceptors (Lipinski definition) is 0. The van der Waals surface area contributed by atoms with Crippen LogP contribution in [-0.2, 0) is 0 Å². The van der Waals surface area contributed by atoms with Crippen molar-refractivity contribution in [2.24, 2.45) is 0 Å². The average molecular weight is 108 g/mol. The van der Waals surface area contributed by atoms with E-state index >= 15 is 0 Å². The molecule has 0 aromatic heterocycles. The van der Waals surface area contributed by atoms with Crippen LogP contribution in [0, 0.1) is 0 Å². The van der Waals surface area contributed by atoms with Gasteiger partial charge in [0.05, 0.1) is 0 Å². The predicted molar refractivity (Wildman–Crippen MR) is 47.3 cm³/mol. The molecule has 0 spiro atoms. The molecule has 0 amide bonds. The fourth-order valence-electron chi connectivity index (χ4n) is 2.36. The Labute approximate surface area is 101 Å². The second-order valence-corrected chi connectivity index (χ2v) is 4.39. The Balaban J connectivity index is 2.49. The molecule has 1 saturated carbocycles. The summed E-state index contributed by atoms with van der Waals surface area (Å²) in [7, 11) is 0. The molecule has 0 bridgehead atoms. The van der Waals surface area contributed by atoms with Gasteiger partial charge in [-0.1, -0.05) is 0 Å². The van der Waals surface area contributed by atoms with Crippen LogP contribution in [0.4, 0.5) is 0 Å². The zero-order valence-electron chi connectivity index (χ0n) is 7.72. The Morgan fingerprint density at radius 3 is 1.60 bits per heavy atom. The second kappa shape index (κ2) is 4.58. The van der Waals surface area contributed by atoms with E-state index in [9.17, 15) is 0 Å². The Bertz CT molecular complexity index is 104. The summed E-state index contributed by atoms with van der Waals surface area (Å²) in [6.07, 6.45) is 2.90. The second-order valence-electron chi connectivity index (χ2n) is 4.39. The van der Waals surface area contributed by atoms with Gasteiger partial charge < -0.3 is 0 Å². The molecule has 0 N–H and O–H groups in total. The molecule has 2 atom stereocenters. The van der Waals surface area contributed by atoms with Gasteiger partial charge in [-0.15, -0.1) is 0 Å². The van der Waals surface area contributed by atoms with Gasteiger partial charge in [0, 0.05) is 0 Å². The van der Waals surface area contributed by atoms with Crippen molar-refractivity contribution in [3.05, 3.63) is 0 Å². The van der Waals surface area contributed by atoms with Crippen molar-refractivity contribution in [1.82, 2.24) is 0 Å².